The van der Waals surface area contributed by atoms with Crippen molar-refractivity contribution in [3.63, 3.8) is 0 Å². The molecule has 1 saturated heterocycles. The number of nitrogens with zero attached hydrogens (tertiary/aromatic N) is 2. The van der Waals surface area contributed by atoms with Crippen molar-refractivity contribution in [3.05, 3.63) is 69.3 Å². The summed E-state index contributed by atoms with van der Waals surface area (Å²) < 4.78 is 5.15. The summed E-state index contributed by atoms with van der Waals surface area (Å²) in [5.41, 5.74) is 5.87. The number of hydrogen-bond donors (Lipinski definition) is 1. The maximum absolute atomic E-state index is 12.2. The standard InChI is InChI=1S/C19H17N3O6/c20-18(24)13-3-4-14(16(10-13)22(26)27)11-28-19(25)12-5-7-15(8-6-12)21-9-1-2-17(21)23/h3-8,10H,1-2,9,11H2,(H2,20,24). The first kappa shape index (κ1) is 19.0. The van der Waals surface area contributed by atoms with E-state index in [0.29, 0.717) is 18.7 Å². The summed E-state index contributed by atoms with van der Waals surface area (Å²) in [4.78, 5) is 47.3. The number of nitrogens with two attached hydrogens (primary N) is 1. The van der Waals surface area contributed by atoms with Gasteiger partial charge in [-0.15, -0.1) is 0 Å². The van der Waals surface area contributed by atoms with Gasteiger partial charge < -0.3 is 15.4 Å². The molecule has 0 bridgehead atoms. The second-order valence-electron chi connectivity index (χ2n) is 6.24. The van der Waals surface area contributed by atoms with E-state index in [-0.39, 0.29) is 34.9 Å². The summed E-state index contributed by atoms with van der Waals surface area (Å²) in [6, 6.07) is 10.1. The minimum atomic E-state index is -0.789. The number of primary amides is 1. The normalized spacial score (nSPS) is 13.4. The van der Waals surface area contributed by atoms with Crippen LogP contribution in [0.2, 0.25) is 0 Å². The third kappa shape index (κ3) is 3.98. The summed E-state index contributed by atoms with van der Waals surface area (Å²) >= 11 is 0. The number of ether oxygens (including phenoxy) is 1. The Bertz CT molecular complexity index is 955. The molecule has 9 heteroatoms. The molecule has 0 atom stereocenters. The molecule has 0 aliphatic carbocycles. The van der Waals surface area contributed by atoms with Crippen molar-refractivity contribution in [2.45, 2.75) is 19.4 Å². The number of carbonyl (C=O) groups excluding carboxylic acids is 3. The fourth-order valence-corrected chi connectivity index (χ4v) is 2.93. The second kappa shape index (κ2) is 7.87. The summed E-state index contributed by atoms with van der Waals surface area (Å²) in [5.74, 6) is -1.40. The Labute approximate surface area is 159 Å². The van der Waals surface area contributed by atoms with Crippen molar-refractivity contribution < 1.29 is 24.0 Å². The van der Waals surface area contributed by atoms with Crippen molar-refractivity contribution >= 4 is 29.2 Å². The Hall–Kier alpha value is -3.75. The van der Waals surface area contributed by atoms with Crippen LogP contribution in [0.25, 0.3) is 0 Å². The average Bonchev–Trinajstić information content (AvgIpc) is 3.11. The van der Waals surface area contributed by atoms with E-state index in [1.807, 2.05) is 0 Å². The Morgan fingerprint density at radius 3 is 2.39 bits per heavy atom. The van der Waals surface area contributed by atoms with E-state index in [2.05, 4.69) is 0 Å². The molecule has 0 spiro atoms. The van der Waals surface area contributed by atoms with Gasteiger partial charge in [0.05, 0.1) is 16.1 Å². The van der Waals surface area contributed by atoms with Crippen LogP contribution in [0, 0.1) is 10.1 Å². The highest BCUT2D eigenvalue weighted by molar-refractivity contribution is 5.96. The summed E-state index contributed by atoms with van der Waals surface area (Å²) in [7, 11) is 0. The first-order valence-corrected chi connectivity index (χ1v) is 8.51. The van der Waals surface area contributed by atoms with Gasteiger partial charge in [-0.05, 0) is 42.8 Å². The van der Waals surface area contributed by atoms with Gasteiger partial charge in [-0.1, -0.05) is 0 Å². The van der Waals surface area contributed by atoms with Crippen LogP contribution in [0.1, 0.15) is 39.1 Å². The number of rotatable bonds is 6. The average molecular weight is 383 g/mol. The molecular weight excluding hydrogens is 366 g/mol. The van der Waals surface area contributed by atoms with E-state index < -0.39 is 16.8 Å². The zero-order valence-corrected chi connectivity index (χ0v) is 14.8. The molecule has 1 aliphatic rings. The summed E-state index contributed by atoms with van der Waals surface area (Å²) in [5, 5.41) is 11.2. The molecule has 3 rings (SSSR count). The molecule has 2 amide bonds. The van der Waals surface area contributed by atoms with E-state index in [1.165, 1.54) is 24.3 Å². The first-order chi connectivity index (χ1) is 13.4. The number of carbonyl (C=O) groups is 3. The zero-order valence-electron chi connectivity index (χ0n) is 14.8. The van der Waals surface area contributed by atoms with Gasteiger partial charge in [0.15, 0.2) is 0 Å². The predicted molar refractivity (Wildman–Crippen MR) is 98.8 cm³/mol. The molecule has 1 fully saturated rings. The van der Waals surface area contributed by atoms with Gasteiger partial charge in [-0.25, -0.2) is 4.79 Å². The van der Waals surface area contributed by atoms with Crippen molar-refractivity contribution in [2.24, 2.45) is 5.73 Å². The van der Waals surface area contributed by atoms with Crippen molar-refractivity contribution in [2.75, 3.05) is 11.4 Å². The second-order valence-corrected chi connectivity index (χ2v) is 6.24. The fraction of sp³-hybridized carbons (Fsp3) is 0.211. The molecule has 2 aromatic carbocycles. The SMILES string of the molecule is NC(=O)c1ccc(COC(=O)c2ccc(N3CCCC3=O)cc2)c([N+](=O)[O-])c1. The number of anilines is 1. The number of benzene rings is 2. The molecule has 1 aliphatic heterocycles. The van der Waals surface area contributed by atoms with Crippen LogP contribution in [0.3, 0.4) is 0 Å². The highest BCUT2D eigenvalue weighted by atomic mass is 16.6. The van der Waals surface area contributed by atoms with Crippen LogP contribution >= 0.6 is 0 Å². The van der Waals surface area contributed by atoms with Crippen LogP contribution in [-0.2, 0) is 16.1 Å². The maximum atomic E-state index is 12.2. The molecule has 0 aromatic heterocycles. The lowest BCUT2D eigenvalue weighted by molar-refractivity contribution is -0.385. The highest BCUT2D eigenvalue weighted by Gasteiger charge is 2.22. The lowest BCUT2D eigenvalue weighted by Crippen LogP contribution is -2.23. The number of esters is 1. The predicted octanol–water partition coefficient (Wildman–Crippen LogP) is 2.18. The Kier molecular flexibility index (Phi) is 5.35. The molecule has 0 radical (unpaired) electrons. The van der Waals surface area contributed by atoms with Gasteiger partial charge in [0.1, 0.15) is 6.61 Å². The maximum Gasteiger partial charge on any atom is 0.338 e. The van der Waals surface area contributed by atoms with E-state index in [4.69, 9.17) is 10.5 Å². The Morgan fingerprint density at radius 2 is 1.82 bits per heavy atom. The lowest BCUT2D eigenvalue weighted by atomic mass is 10.1. The van der Waals surface area contributed by atoms with E-state index >= 15 is 0 Å². The number of amides is 2. The topological polar surface area (TPSA) is 133 Å². The van der Waals surface area contributed by atoms with Crippen LogP contribution in [0.15, 0.2) is 42.5 Å². The van der Waals surface area contributed by atoms with Gasteiger partial charge in [0.2, 0.25) is 11.8 Å². The molecule has 2 N–H and O–H groups in total. The molecule has 0 unspecified atom stereocenters. The van der Waals surface area contributed by atoms with Gasteiger partial charge in [-0.2, -0.15) is 0 Å². The number of hydrogen-bond acceptors (Lipinski definition) is 6. The monoisotopic (exact) mass is 383 g/mol. The third-order valence-corrected chi connectivity index (χ3v) is 4.41. The van der Waals surface area contributed by atoms with Crippen molar-refractivity contribution in [3.8, 4) is 0 Å². The minimum Gasteiger partial charge on any atom is -0.457 e. The van der Waals surface area contributed by atoms with E-state index in [1.54, 1.807) is 17.0 Å². The van der Waals surface area contributed by atoms with Crippen LogP contribution < -0.4 is 10.6 Å². The first-order valence-electron chi connectivity index (χ1n) is 8.51. The molecule has 2 aromatic rings. The molecular formula is C19H17N3O6. The third-order valence-electron chi connectivity index (χ3n) is 4.41. The summed E-state index contributed by atoms with van der Waals surface area (Å²) in [6.45, 7) is 0.314. The Morgan fingerprint density at radius 1 is 1.14 bits per heavy atom. The minimum absolute atomic E-state index is 0.00572. The van der Waals surface area contributed by atoms with E-state index in [9.17, 15) is 24.5 Å². The summed E-state index contributed by atoms with van der Waals surface area (Å²) in [6.07, 6.45) is 1.31. The van der Waals surface area contributed by atoms with Crippen LogP contribution in [-0.4, -0.2) is 29.3 Å². The van der Waals surface area contributed by atoms with Gasteiger partial charge in [0, 0.05) is 30.3 Å². The molecule has 144 valence electrons. The van der Waals surface area contributed by atoms with Gasteiger partial charge in [-0.3, -0.25) is 19.7 Å². The zero-order chi connectivity index (χ0) is 20.3. The molecule has 9 nitrogen and oxygen atoms in total. The van der Waals surface area contributed by atoms with E-state index in [0.717, 1.165) is 12.5 Å². The largest absolute Gasteiger partial charge is 0.457 e. The molecule has 1 heterocycles. The Balaban J connectivity index is 1.69. The number of nitro groups is 1. The van der Waals surface area contributed by atoms with Crippen LogP contribution in [0.5, 0.6) is 0 Å². The highest BCUT2D eigenvalue weighted by Crippen LogP contribution is 2.23. The van der Waals surface area contributed by atoms with Crippen LogP contribution in [0.4, 0.5) is 11.4 Å². The molecule has 28 heavy (non-hydrogen) atoms. The van der Waals surface area contributed by atoms with Crippen molar-refractivity contribution in [1.82, 2.24) is 0 Å². The molecule has 0 saturated carbocycles. The lowest BCUT2D eigenvalue weighted by Gasteiger charge is -2.15. The smallest absolute Gasteiger partial charge is 0.338 e. The number of nitro benzene ring substituents is 1. The quantitative estimate of drug-likeness (QED) is 0.462. The van der Waals surface area contributed by atoms with Gasteiger partial charge in [0.25, 0.3) is 5.69 Å². The fourth-order valence-electron chi connectivity index (χ4n) is 2.93. The van der Waals surface area contributed by atoms with Gasteiger partial charge >= 0.3 is 5.97 Å². The van der Waals surface area contributed by atoms with Crippen molar-refractivity contribution in [1.29, 1.82) is 0 Å².